The van der Waals surface area contributed by atoms with Gasteiger partial charge in [0.15, 0.2) is 0 Å². The van der Waals surface area contributed by atoms with Crippen molar-refractivity contribution in [3.8, 4) is 0 Å². The van der Waals surface area contributed by atoms with Crippen LogP contribution in [-0.4, -0.2) is 41.3 Å². The molecule has 0 amide bonds. The minimum absolute atomic E-state index is 0. The van der Waals surface area contributed by atoms with Crippen molar-refractivity contribution < 1.29 is 0 Å². The average Bonchev–Trinajstić information content (AvgIpc) is 2.39. The van der Waals surface area contributed by atoms with Crippen molar-refractivity contribution in [2.45, 2.75) is 25.8 Å². The first kappa shape index (κ1) is 14.5. The normalized spacial score (nSPS) is 23.5. The molecular formula is C13H21ClN4O. The molecule has 1 saturated heterocycles. The standard InChI is InChI=1S/C13H20N4O.ClH/c18-13-6-11-9-17(5-3-12(11)15-16-13)8-10-2-1-4-14-7-10;/h6,10,14H,1-5,7-9H2,(H,16,18);1H. The summed E-state index contributed by atoms with van der Waals surface area (Å²) in [5.74, 6) is 0.759. The maximum atomic E-state index is 11.3. The third kappa shape index (κ3) is 3.55. The Labute approximate surface area is 119 Å². The zero-order valence-electron chi connectivity index (χ0n) is 11.0. The number of piperidine rings is 1. The fraction of sp³-hybridized carbons (Fsp3) is 0.692. The van der Waals surface area contributed by atoms with Crippen LogP contribution in [0.25, 0.3) is 0 Å². The highest BCUT2D eigenvalue weighted by Gasteiger charge is 2.21. The first-order valence-electron chi connectivity index (χ1n) is 6.82. The Kier molecular flexibility index (Phi) is 4.96. The topological polar surface area (TPSA) is 61.0 Å². The molecule has 2 N–H and O–H groups in total. The number of halogens is 1. The van der Waals surface area contributed by atoms with E-state index in [-0.39, 0.29) is 18.0 Å². The van der Waals surface area contributed by atoms with E-state index >= 15 is 0 Å². The van der Waals surface area contributed by atoms with Crippen molar-refractivity contribution in [1.29, 1.82) is 0 Å². The van der Waals surface area contributed by atoms with Gasteiger partial charge in [-0.05, 0) is 37.4 Å². The van der Waals surface area contributed by atoms with Crippen LogP contribution in [0.1, 0.15) is 24.1 Å². The van der Waals surface area contributed by atoms with E-state index in [0.29, 0.717) is 0 Å². The average molecular weight is 285 g/mol. The second kappa shape index (κ2) is 6.50. The second-order valence-corrected chi connectivity index (χ2v) is 5.40. The van der Waals surface area contributed by atoms with Gasteiger partial charge in [-0.25, -0.2) is 5.10 Å². The number of aromatic amines is 1. The Morgan fingerprint density at radius 1 is 1.47 bits per heavy atom. The number of hydrogen-bond donors (Lipinski definition) is 2. The molecule has 106 valence electrons. The van der Waals surface area contributed by atoms with Gasteiger partial charge >= 0.3 is 0 Å². The molecule has 2 aliphatic rings. The van der Waals surface area contributed by atoms with E-state index in [1.54, 1.807) is 6.07 Å². The Balaban J connectivity index is 0.00000133. The van der Waals surface area contributed by atoms with E-state index in [4.69, 9.17) is 0 Å². The molecule has 0 radical (unpaired) electrons. The molecule has 0 spiro atoms. The maximum absolute atomic E-state index is 11.3. The predicted octanol–water partition coefficient (Wildman–Crippen LogP) is 0.549. The van der Waals surface area contributed by atoms with Gasteiger partial charge in [-0.1, -0.05) is 0 Å². The van der Waals surface area contributed by atoms with E-state index in [1.165, 1.54) is 19.4 Å². The van der Waals surface area contributed by atoms with E-state index < -0.39 is 0 Å². The van der Waals surface area contributed by atoms with Crippen molar-refractivity contribution in [1.82, 2.24) is 20.4 Å². The number of nitrogens with one attached hydrogen (secondary N) is 2. The van der Waals surface area contributed by atoms with Crippen LogP contribution in [0.4, 0.5) is 0 Å². The van der Waals surface area contributed by atoms with Crippen LogP contribution in [0, 0.1) is 5.92 Å². The molecule has 1 fully saturated rings. The third-order valence-electron chi connectivity index (χ3n) is 3.95. The van der Waals surface area contributed by atoms with E-state index in [2.05, 4.69) is 20.4 Å². The van der Waals surface area contributed by atoms with Crippen molar-refractivity contribution in [2.75, 3.05) is 26.2 Å². The van der Waals surface area contributed by atoms with E-state index in [0.717, 1.165) is 49.8 Å². The quantitative estimate of drug-likeness (QED) is 0.833. The van der Waals surface area contributed by atoms with E-state index in [1.807, 2.05) is 0 Å². The Morgan fingerprint density at radius 3 is 3.16 bits per heavy atom. The van der Waals surface area contributed by atoms with Gasteiger partial charge < -0.3 is 5.32 Å². The van der Waals surface area contributed by atoms with Crippen molar-refractivity contribution in [2.24, 2.45) is 5.92 Å². The summed E-state index contributed by atoms with van der Waals surface area (Å²) in [4.78, 5) is 13.8. The lowest BCUT2D eigenvalue weighted by Gasteiger charge is -2.32. The number of H-pyrrole nitrogens is 1. The molecule has 19 heavy (non-hydrogen) atoms. The number of aromatic nitrogens is 2. The number of nitrogens with zero attached hydrogens (tertiary/aromatic N) is 2. The molecule has 5 nitrogen and oxygen atoms in total. The molecular weight excluding hydrogens is 264 g/mol. The van der Waals surface area contributed by atoms with Crippen LogP contribution >= 0.6 is 12.4 Å². The molecule has 2 aliphatic heterocycles. The summed E-state index contributed by atoms with van der Waals surface area (Å²) >= 11 is 0. The van der Waals surface area contributed by atoms with Gasteiger partial charge in [0.1, 0.15) is 0 Å². The van der Waals surface area contributed by atoms with E-state index in [9.17, 15) is 4.79 Å². The van der Waals surface area contributed by atoms with Crippen LogP contribution in [-0.2, 0) is 13.0 Å². The number of hydrogen-bond acceptors (Lipinski definition) is 4. The van der Waals surface area contributed by atoms with Crippen molar-refractivity contribution in [3.63, 3.8) is 0 Å². The Morgan fingerprint density at radius 2 is 2.37 bits per heavy atom. The first-order valence-corrected chi connectivity index (χ1v) is 6.82. The summed E-state index contributed by atoms with van der Waals surface area (Å²) in [5.41, 5.74) is 2.08. The van der Waals surface area contributed by atoms with Crippen molar-refractivity contribution >= 4 is 12.4 Å². The highest BCUT2D eigenvalue weighted by atomic mass is 35.5. The Hall–Kier alpha value is -0.910. The minimum atomic E-state index is -0.0880. The second-order valence-electron chi connectivity index (χ2n) is 5.40. The molecule has 3 heterocycles. The number of rotatable bonds is 2. The van der Waals surface area contributed by atoms with Gasteiger partial charge in [0.25, 0.3) is 5.56 Å². The van der Waals surface area contributed by atoms with Crippen LogP contribution < -0.4 is 10.9 Å². The lowest BCUT2D eigenvalue weighted by molar-refractivity contribution is 0.192. The summed E-state index contributed by atoms with van der Waals surface area (Å²) in [6.07, 6.45) is 3.56. The smallest absolute Gasteiger partial charge is 0.264 e. The molecule has 3 rings (SSSR count). The maximum Gasteiger partial charge on any atom is 0.264 e. The van der Waals surface area contributed by atoms with Crippen LogP contribution in [0.5, 0.6) is 0 Å². The SMILES string of the molecule is Cl.O=c1cc2c(n[nH]1)CCN(CC1CCCNC1)C2. The van der Waals surface area contributed by atoms with Crippen LogP contribution in [0.15, 0.2) is 10.9 Å². The molecule has 1 unspecified atom stereocenters. The predicted molar refractivity (Wildman–Crippen MR) is 76.7 cm³/mol. The van der Waals surface area contributed by atoms with Crippen molar-refractivity contribution in [3.05, 3.63) is 27.7 Å². The first-order chi connectivity index (χ1) is 8.81. The minimum Gasteiger partial charge on any atom is -0.316 e. The van der Waals surface area contributed by atoms with Gasteiger partial charge in [-0.3, -0.25) is 9.69 Å². The van der Waals surface area contributed by atoms with Gasteiger partial charge in [0.2, 0.25) is 0 Å². The fourth-order valence-electron chi connectivity index (χ4n) is 3.01. The number of fused-ring (bicyclic) bond motifs is 1. The molecule has 1 atom stereocenters. The molecule has 1 aromatic rings. The zero-order chi connectivity index (χ0) is 12.4. The molecule has 0 aliphatic carbocycles. The summed E-state index contributed by atoms with van der Waals surface area (Å²) in [6.45, 7) is 5.38. The lowest BCUT2D eigenvalue weighted by atomic mass is 9.97. The summed E-state index contributed by atoms with van der Waals surface area (Å²) in [7, 11) is 0. The summed E-state index contributed by atoms with van der Waals surface area (Å²) in [5, 5.41) is 10.1. The summed E-state index contributed by atoms with van der Waals surface area (Å²) < 4.78 is 0. The monoisotopic (exact) mass is 284 g/mol. The zero-order valence-corrected chi connectivity index (χ0v) is 11.8. The molecule has 6 heteroatoms. The highest BCUT2D eigenvalue weighted by Crippen LogP contribution is 2.18. The molecule has 0 saturated carbocycles. The molecule has 1 aromatic heterocycles. The van der Waals surface area contributed by atoms with Gasteiger partial charge in [-0.15, -0.1) is 12.4 Å². The van der Waals surface area contributed by atoms with Gasteiger partial charge in [0.05, 0.1) is 5.69 Å². The third-order valence-corrected chi connectivity index (χ3v) is 3.95. The van der Waals surface area contributed by atoms with Gasteiger partial charge in [-0.2, -0.15) is 5.10 Å². The van der Waals surface area contributed by atoms with Gasteiger partial charge in [0, 0.05) is 32.1 Å². The van der Waals surface area contributed by atoms with Crippen LogP contribution in [0.3, 0.4) is 0 Å². The molecule has 0 bridgehead atoms. The lowest BCUT2D eigenvalue weighted by Crippen LogP contribution is -2.40. The van der Waals surface area contributed by atoms with Crippen LogP contribution in [0.2, 0.25) is 0 Å². The molecule has 0 aromatic carbocycles. The Bertz CT molecular complexity index is 470. The fourth-order valence-corrected chi connectivity index (χ4v) is 3.01. The largest absolute Gasteiger partial charge is 0.316 e. The summed E-state index contributed by atoms with van der Waals surface area (Å²) in [6, 6.07) is 1.70. The highest BCUT2D eigenvalue weighted by molar-refractivity contribution is 5.85.